The molecule has 1 aliphatic heterocycles. The van der Waals surface area contributed by atoms with Crippen molar-refractivity contribution in [2.45, 2.75) is 31.2 Å². The first kappa shape index (κ1) is 16.4. The predicted molar refractivity (Wildman–Crippen MR) is 89.2 cm³/mol. The van der Waals surface area contributed by atoms with Crippen LogP contribution in [0.2, 0.25) is 0 Å². The van der Waals surface area contributed by atoms with Gasteiger partial charge in [0.05, 0.1) is 0 Å². The van der Waals surface area contributed by atoms with Crippen LogP contribution in [-0.4, -0.2) is 31.7 Å². The highest BCUT2D eigenvalue weighted by Crippen LogP contribution is 2.49. The van der Waals surface area contributed by atoms with E-state index in [1.165, 1.54) is 12.8 Å². The maximum Gasteiger partial charge on any atom is 0.223 e. The molecule has 1 amide bonds. The van der Waals surface area contributed by atoms with Gasteiger partial charge in [0.1, 0.15) is 13.2 Å². The fourth-order valence-corrected chi connectivity index (χ4v) is 3.18. The maximum atomic E-state index is 12.2. The zero-order chi connectivity index (χ0) is 15.1. The largest absolute Gasteiger partial charge is 0.486 e. The van der Waals surface area contributed by atoms with Gasteiger partial charge >= 0.3 is 0 Å². The van der Waals surface area contributed by atoms with Gasteiger partial charge in [-0.3, -0.25) is 4.79 Å². The van der Waals surface area contributed by atoms with Crippen LogP contribution in [0.25, 0.3) is 0 Å². The third-order valence-corrected chi connectivity index (χ3v) is 4.86. The number of hydrogen-bond donors (Lipinski definition) is 2. The zero-order valence-electron chi connectivity index (χ0n) is 13.0. The SMILES string of the molecule is Cl.NC(CNC(=O)C1CC1c1ccc2c(c1)OCCO2)C1CC1. The zero-order valence-corrected chi connectivity index (χ0v) is 13.8. The van der Waals surface area contributed by atoms with Crippen LogP contribution in [0.15, 0.2) is 18.2 Å². The molecule has 0 radical (unpaired) electrons. The number of rotatable bonds is 5. The molecular weight excluding hydrogens is 316 g/mol. The van der Waals surface area contributed by atoms with Gasteiger partial charge in [0, 0.05) is 18.5 Å². The van der Waals surface area contributed by atoms with Gasteiger partial charge in [-0.25, -0.2) is 0 Å². The predicted octanol–water partition coefficient (Wildman–Crippen LogP) is 1.84. The summed E-state index contributed by atoms with van der Waals surface area (Å²) in [5.41, 5.74) is 7.19. The van der Waals surface area contributed by atoms with Crippen molar-refractivity contribution in [2.75, 3.05) is 19.8 Å². The van der Waals surface area contributed by atoms with E-state index >= 15 is 0 Å². The van der Waals surface area contributed by atoms with Crippen LogP contribution in [0.4, 0.5) is 0 Å². The van der Waals surface area contributed by atoms with E-state index in [-0.39, 0.29) is 30.3 Å². The Morgan fingerprint density at radius 3 is 2.74 bits per heavy atom. The summed E-state index contributed by atoms with van der Waals surface area (Å²) in [6, 6.07) is 6.12. The van der Waals surface area contributed by atoms with Crippen LogP contribution in [-0.2, 0) is 4.79 Å². The summed E-state index contributed by atoms with van der Waals surface area (Å²) in [4.78, 5) is 12.2. The standard InChI is InChI=1S/C17H22N2O3.ClH/c18-14(10-1-2-10)9-19-17(20)13-8-12(13)11-3-4-15-16(7-11)22-6-5-21-15;/h3-4,7,10,12-14H,1-2,5-6,8-9,18H2,(H,19,20);1H. The van der Waals surface area contributed by atoms with Gasteiger partial charge in [-0.15, -0.1) is 12.4 Å². The van der Waals surface area contributed by atoms with Gasteiger partial charge in [-0.2, -0.15) is 0 Å². The number of carbonyl (C=O) groups excluding carboxylic acids is 1. The molecule has 3 unspecified atom stereocenters. The van der Waals surface area contributed by atoms with E-state index in [2.05, 4.69) is 5.32 Å². The number of nitrogens with two attached hydrogens (primary N) is 1. The Hall–Kier alpha value is -1.46. The summed E-state index contributed by atoms with van der Waals surface area (Å²) in [5.74, 6) is 2.73. The summed E-state index contributed by atoms with van der Waals surface area (Å²) >= 11 is 0. The first-order valence-electron chi connectivity index (χ1n) is 8.15. The summed E-state index contributed by atoms with van der Waals surface area (Å²) in [5, 5.41) is 3.01. The van der Waals surface area contributed by atoms with Crippen LogP contribution in [0.5, 0.6) is 11.5 Å². The first-order valence-corrected chi connectivity index (χ1v) is 8.15. The fourth-order valence-electron chi connectivity index (χ4n) is 3.18. The van der Waals surface area contributed by atoms with Gasteiger partial charge in [0.15, 0.2) is 11.5 Å². The lowest BCUT2D eigenvalue weighted by molar-refractivity contribution is -0.122. The van der Waals surface area contributed by atoms with Gasteiger partial charge in [-0.05, 0) is 48.8 Å². The molecule has 0 spiro atoms. The van der Waals surface area contributed by atoms with Crippen molar-refractivity contribution in [2.24, 2.45) is 17.6 Å². The molecule has 3 atom stereocenters. The van der Waals surface area contributed by atoms with Crippen molar-refractivity contribution in [3.63, 3.8) is 0 Å². The van der Waals surface area contributed by atoms with Crippen LogP contribution >= 0.6 is 12.4 Å². The van der Waals surface area contributed by atoms with Crippen molar-refractivity contribution >= 4 is 18.3 Å². The summed E-state index contributed by atoms with van der Waals surface area (Å²) in [6.45, 7) is 1.79. The first-order chi connectivity index (χ1) is 10.7. The molecular formula is C17H23ClN2O3. The second-order valence-electron chi connectivity index (χ2n) is 6.60. The molecule has 1 heterocycles. The minimum Gasteiger partial charge on any atom is -0.486 e. The monoisotopic (exact) mass is 338 g/mol. The third kappa shape index (κ3) is 3.56. The molecule has 0 bridgehead atoms. The van der Waals surface area contributed by atoms with Gasteiger partial charge in [0.2, 0.25) is 5.91 Å². The average molecular weight is 339 g/mol. The summed E-state index contributed by atoms with van der Waals surface area (Å²) in [7, 11) is 0. The number of benzene rings is 1. The second-order valence-corrected chi connectivity index (χ2v) is 6.60. The minimum absolute atomic E-state index is 0. The summed E-state index contributed by atoms with van der Waals surface area (Å²) < 4.78 is 11.1. The number of amides is 1. The Morgan fingerprint density at radius 1 is 1.26 bits per heavy atom. The van der Waals surface area contributed by atoms with E-state index in [0.717, 1.165) is 23.5 Å². The van der Waals surface area contributed by atoms with Crippen LogP contribution < -0.4 is 20.5 Å². The van der Waals surface area contributed by atoms with Gasteiger partial charge in [0.25, 0.3) is 0 Å². The van der Waals surface area contributed by atoms with E-state index < -0.39 is 0 Å². The molecule has 4 rings (SSSR count). The molecule has 126 valence electrons. The molecule has 1 aromatic carbocycles. The van der Waals surface area contributed by atoms with Crippen molar-refractivity contribution in [1.29, 1.82) is 0 Å². The lowest BCUT2D eigenvalue weighted by atomic mass is 10.1. The Kier molecular flexibility index (Phi) is 4.69. The number of nitrogens with one attached hydrogen (secondary N) is 1. The van der Waals surface area contributed by atoms with Crippen molar-refractivity contribution < 1.29 is 14.3 Å². The molecule has 3 aliphatic rings. The average Bonchev–Trinajstić information content (AvgIpc) is 3.43. The molecule has 0 aromatic heterocycles. The Labute approximate surface area is 142 Å². The Bertz CT molecular complexity index is 591. The number of fused-ring (bicyclic) bond motifs is 1. The topological polar surface area (TPSA) is 73.6 Å². The molecule has 1 aromatic rings. The number of ether oxygens (including phenoxy) is 2. The highest BCUT2D eigenvalue weighted by molar-refractivity contribution is 5.85. The third-order valence-electron chi connectivity index (χ3n) is 4.86. The van der Waals surface area contributed by atoms with Crippen LogP contribution in [0.1, 0.15) is 30.7 Å². The van der Waals surface area contributed by atoms with Crippen molar-refractivity contribution in [3.05, 3.63) is 23.8 Å². The van der Waals surface area contributed by atoms with E-state index in [1.54, 1.807) is 0 Å². The Morgan fingerprint density at radius 2 is 2.00 bits per heavy atom. The second kappa shape index (κ2) is 6.57. The van der Waals surface area contributed by atoms with Crippen molar-refractivity contribution in [1.82, 2.24) is 5.32 Å². The highest BCUT2D eigenvalue weighted by Gasteiger charge is 2.44. The Balaban J connectivity index is 0.00000156. The van der Waals surface area contributed by atoms with E-state index in [1.807, 2.05) is 18.2 Å². The lowest BCUT2D eigenvalue weighted by Crippen LogP contribution is -2.39. The summed E-state index contributed by atoms with van der Waals surface area (Å²) in [6.07, 6.45) is 3.32. The molecule has 2 saturated carbocycles. The van der Waals surface area contributed by atoms with E-state index in [0.29, 0.717) is 31.6 Å². The molecule has 23 heavy (non-hydrogen) atoms. The van der Waals surface area contributed by atoms with Crippen LogP contribution in [0, 0.1) is 11.8 Å². The molecule has 2 fully saturated rings. The minimum atomic E-state index is 0. The smallest absolute Gasteiger partial charge is 0.223 e. The van der Waals surface area contributed by atoms with E-state index in [4.69, 9.17) is 15.2 Å². The normalized spacial score (nSPS) is 26.0. The van der Waals surface area contributed by atoms with Gasteiger partial charge in [-0.1, -0.05) is 6.07 Å². The molecule has 3 N–H and O–H groups in total. The molecule has 6 heteroatoms. The quantitative estimate of drug-likeness (QED) is 0.859. The number of hydrogen-bond acceptors (Lipinski definition) is 4. The fraction of sp³-hybridized carbons (Fsp3) is 0.588. The van der Waals surface area contributed by atoms with Gasteiger partial charge < -0.3 is 20.5 Å². The number of halogens is 1. The highest BCUT2D eigenvalue weighted by atomic mass is 35.5. The van der Waals surface area contributed by atoms with Crippen LogP contribution in [0.3, 0.4) is 0 Å². The number of carbonyl (C=O) groups is 1. The van der Waals surface area contributed by atoms with Crippen molar-refractivity contribution in [3.8, 4) is 11.5 Å². The maximum absolute atomic E-state index is 12.2. The molecule has 5 nitrogen and oxygen atoms in total. The lowest BCUT2D eigenvalue weighted by Gasteiger charge is -2.19. The van der Waals surface area contributed by atoms with E-state index in [9.17, 15) is 4.79 Å². The molecule has 2 aliphatic carbocycles. The molecule has 0 saturated heterocycles.